The van der Waals surface area contributed by atoms with E-state index >= 15 is 0 Å². The second kappa shape index (κ2) is 5.95. The number of rotatable bonds is 3. The fourth-order valence-electron chi connectivity index (χ4n) is 2.21. The number of carbonyl (C=O) groups excluding carboxylic acids is 1. The number of carbonyl (C=O) groups is 1. The lowest BCUT2D eigenvalue weighted by Gasteiger charge is -2.16. The molecule has 2 aromatic rings. The molecule has 0 unspecified atom stereocenters. The van der Waals surface area contributed by atoms with Crippen molar-refractivity contribution >= 4 is 17.3 Å². The van der Waals surface area contributed by atoms with Gasteiger partial charge in [-0.05, 0) is 42.2 Å². The molecule has 4 heteroatoms. The van der Waals surface area contributed by atoms with Gasteiger partial charge in [0.2, 0.25) is 0 Å². The van der Waals surface area contributed by atoms with Gasteiger partial charge in [0.1, 0.15) is 5.82 Å². The first kappa shape index (κ1) is 15.0. The lowest BCUT2D eigenvalue weighted by atomic mass is 9.98. The molecule has 3 nitrogen and oxygen atoms in total. The monoisotopic (exact) mass is 286 g/mol. The lowest BCUT2D eigenvalue weighted by Crippen LogP contribution is -2.15. The minimum atomic E-state index is -0.523. The lowest BCUT2D eigenvalue weighted by molar-refractivity contribution is 0.102. The van der Waals surface area contributed by atoms with Gasteiger partial charge >= 0.3 is 0 Å². The standard InChI is InChI=1S/C17H19FN2O/c1-10(2)13-6-4-5-11(3)16(13)20-17(21)12-7-8-14(18)15(19)9-12/h4-10H,19H2,1-3H3,(H,20,21). The zero-order valence-corrected chi connectivity index (χ0v) is 12.4. The Morgan fingerprint density at radius 1 is 1.24 bits per heavy atom. The van der Waals surface area contributed by atoms with E-state index in [0.717, 1.165) is 16.8 Å². The van der Waals surface area contributed by atoms with E-state index in [2.05, 4.69) is 19.2 Å². The molecule has 0 saturated heterocycles. The van der Waals surface area contributed by atoms with Gasteiger partial charge < -0.3 is 11.1 Å². The van der Waals surface area contributed by atoms with Crippen LogP contribution in [-0.2, 0) is 0 Å². The number of nitrogens with one attached hydrogen (secondary N) is 1. The third-order valence-corrected chi connectivity index (χ3v) is 3.42. The van der Waals surface area contributed by atoms with Crippen LogP contribution in [0.5, 0.6) is 0 Å². The van der Waals surface area contributed by atoms with E-state index in [0.29, 0.717) is 11.5 Å². The number of anilines is 2. The van der Waals surface area contributed by atoms with Gasteiger partial charge in [-0.25, -0.2) is 4.39 Å². The van der Waals surface area contributed by atoms with Crippen LogP contribution in [0.1, 0.15) is 41.3 Å². The third kappa shape index (κ3) is 3.21. The maximum absolute atomic E-state index is 13.2. The average Bonchev–Trinajstić information content (AvgIpc) is 2.43. The van der Waals surface area contributed by atoms with Crippen LogP contribution in [-0.4, -0.2) is 5.91 Å². The number of halogens is 1. The highest BCUT2D eigenvalue weighted by Gasteiger charge is 2.14. The van der Waals surface area contributed by atoms with Crippen molar-refractivity contribution in [3.63, 3.8) is 0 Å². The average molecular weight is 286 g/mol. The predicted octanol–water partition coefficient (Wildman–Crippen LogP) is 4.09. The van der Waals surface area contributed by atoms with Crippen molar-refractivity contribution in [3.8, 4) is 0 Å². The topological polar surface area (TPSA) is 55.1 Å². The van der Waals surface area contributed by atoms with Crippen molar-refractivity contribution in [2.75, 3.05) is 11.1 Å². The molecule has 0 heterocycles. The summed E-state index contributed by atoms with van der Waals surface area (Å²) in [6.07, 6.45) is 0. The van der Waals surface area contributed by atoms with Gasteiger partial charge in [-0.1, -0.05) is 32.0 Å². The number of para-hydroxylation sites is 1. The Morgan fingerprint density at radius 2 is 1.95 bits per heavy atom. The van der Waals surface area contributed by atoms with Crippen molar-refractivity contribution < 1.29 is 9.18 Å². The first-order chi connectivity index (χ1) is 9.90. The number of hydrogen-bond acceptors (Lipinski definition) is 2. The molecule has 0 aliphatic heterocycles. The Kier molecular flexibility index (Phi) is 4.26. The summed E-state index contributed by atoms with van der Waals surface area (Å²) in [5.41, 5.74) is 8.68. The molecule has 0 spiro atoms. The van der Waals surface area contributed by atoms with Crippen molar-refractivity contribution in [3.05, 3.63) is 58.9 Å². The zero-order valence-electron chi connectivity index (χ0n) is 12.4. The second-order valence-corrected chi connectivity index (χ2v) is 5.38. The summed E-state index contributed by atoms with van der Waals surface area (Å²) in [7, 11) is 0. The second-order valence-electron chi connectivity index (χ2n) is 5.38. The van der Waals surface area contributed by atoms with Crippen molar-refractivity contribution in [1.82, 2.24) is 0 Å². The number of nitrogens with two attached hydrogens (primary N) is 1. The first-order valence-electron chi connectivity index (χ1n) is 6.86. The molecule has 2 aromatic carbocycles. The van der Waals surface area contributed by atoms with Crippen LogP contribution >= 0.6 is 0 Å². The molecule has 0 aliphatic rings. The summed E-state index contributed by atoms with van der Waals surface area (Å²) in [5.74, 6) is -0.526. The van der Waals surface area contributed by atoms with Crippen molar-refractivity contribution in [2.24, 2.45) is 0 Å². The highest BCUT2D eigenvalue weighted by atomic mass is 19.1. The third-order valence-electron chi connectivity index (χ3n) is 3.42. The molecule has 0 aliphatic carbocycles. The highest BCUT2D eigenvalue weighted by Crippen LogP contribution is 2.28. The fraction of sp³-hybridized carbons (Fsp3) is 0.235. The summed E-state index contributed by atoms with van der Waals surface area (Å²) in [5, 5.41) is 2.91. The number of amides is 1. The molecule has 0 aromatic heterocycles. The molecular formula is C17H19FN2O. The fourth-order valence-corrected chi connectivity index (χ4v) is 2.21. The van der Waals surface area contributed by atoms with Crippen LogP contribution in [0.4, 0.5) is 15.8 Å². The van der Waals surface area contributed by atoms with E-state index in [1.807, 2.05) is 25.1 Å². The molecule has 3 N–H and O–H groups in total. The van der Waals surface area contributed by atoms with E-state index in [4.69, 9.17) is 5.73 Å². The van der Waals surface area contributed by atoms with Gasteiger partial charge in [0.05, 0.1) is 5.69 Å². The predicted molar refractivity (Wildman–Crippen MR) is 84.0 cm³/mol. The normalized spacial score (nSPS) is 10.7. The SMILES string of the molecule is Cc1cccc(C(C)C)c1NC(=O)c1ccc(F)c(N)c1. The number of hydrogen-bond donors (Lipinski definition) is 2. The summed E-state index contributed by atoms with van der Waals surface area (Å²) < 4.78 is 13.2. The van der Waals surface area contributed by atoms with E-state index < -0.39 is 5.82 Å². The van der Waals surface area contributed by atoms with Gasteiger partial charge in [0, 0.05) is 11.3 Å². The summed E-state index contributed by atoms with van der Waals surface area (Å²) in [6, 6.07) is 9.88. The smallest absolute Gasteiger partial charge is 0.255 e. The van der Waals surface area contributed by atoms with Gasteiger partial charge in [-0.3, -0.25) is 4.79 Å². The Morgan fingerprint density at radius 3 is 2.57 bits per heavy atom. The van der Waals surface area contributed by atoms with Crippen LogP contribution < -0.4 is 11.1 Å². The first-order valence-corrected chi connectivity index (χ1v) is 6.86. The van der Waals surface area contributed by atoms with Crippen molar-refractivity contribution in [1.29, 1.82) is 0 Å². The van der Waals surface area contributed by atoms with Gasteiger partial charge in [0.25, 0.3) is 5.91 Å². The van der Waals surface area contributed by atoms with Crippen molar-refractivity contribution in [2.45, 2.75) is 26.7 Å². The maximum atomic E-state index is 13.2. The summed E-state index contributed by atoms with van der Waals surface area (Å²) in [6.45, 7) is 6.08. The number of aryl methyl sites for hydroxylation is 1. The summed E-state index contributed by atoms with van der Waals surface area (Å²) >= 11 is 0. The van der Waals surface area contributed by atoms with Crippen LogP contribution in [0.15, 0.2) is 36.4 Å². The van der Waals surface area contributed by atoms with Crippen LogP contribution in [0, 0.1) is 12.7 Å². The minimum Gasteiger partial charge on any atom is -0.396 e. The van der Waals surface area contributed by atoms with E-state index in [-0.39, 0.29) is 11.6 Å². The van der Waals surface area contributed by atoms with Gasteiger partial charge in [0.15, 0.2) is 0 Å². The minimum absolute atomic E-state index is 0.0310. The maximum Gasteiger partial charge on any atom is 0.255 e. The molecule has 0 bridgehead atoms. The Balaban J connectivity index is 2.33. The van der Waals surface area contributed by atoms with E-state index in [1.165, 1.54) is 18.2 Å². The molecule has 0 saturated carbocycles. The molecule has 110 valence electrons. The molecule has 0 fully saturated rings. The number of benzene rings is 2. The highest BCUT2D eigenvalue weighted by molar-refractivity contribution is 6.05. The van der Waals surface area contributed by atoms with Gasteiger partial charge in [-0.2, -0.15) is 0 Å². The Hall–Kier alpha value is -2.36. The van der Waals surface area contributed by atoms with Crippen LogP contribution in [0.25, 0.3) is 0 Å². The largest absolute Gasteiger partial charge is 0.396 e. The molecule has 0 radical (unpaired) electrons. The quantitative estimate of drug-likeness (QED) is 0.835. The Labute approximate surface area is 124 Å². The number of nitrogen functional groups attached to an aromatic ring is 1. The van der Waals surface area contributed by atoms with E-state index in [9.17, 15) is 9.18 Å². The van der Waals surface area contributed by atoms with E-state index in [1.54, 1.807) is 0 Å². The van der Waals surface area contributed by atoms with Gasteiger partial charge in [-0.15, -0.1) is 0 Å². The molecule has 2 rings (SSSR count). The van der Waals surface area contributed by atoms with Crippen LogP contribution in [0.2, 0.25) is 0 Å². The van der Waals surface area contributed by atoms with Crippen LogP contribution in [0.3, 0.4) is 0 Å². The zero-order chi connectivity index (χ0) is 15.6. The molecule has 21 heavy (non-hydrogen) atoms. The Bertz CT molecular complexity index is 680. The summed E-state index contributed by atoms with van der Waals surface area (Å²) in [4.78, 5) is 12.3. The molecule has 1 amide bonds. The molecular weight excluding hydrogens is 267 g/mol. The molecule has 0 atom stereocenters.